The number of alkyl halides is 3. The SMILES string of the molecule is CC(O)(CNC(=O)C1CCCC(C(F)(F)F)C1)c1ccccc1. The normalized spacial score (nSPS) is 24.7. The zero-order valence-electron chi connectivity index (χ0n) is 13.1. The fraction of sp³-hybridized carbons (Fsp3) is 0.588. The molecule has 1 amide bonds. The van der Waals surface area contributed by atoms with Crippen LogP contribution in [-0.2, 0) is 10.4 Å². The predicted molar refractivity (Wildman–Crippen MR) is 80.5 cm³/mol. The van der Waals surface area contributed by atoms with E-state index >= 15 is 0 Å². The van der Waals surface area contributed by atoms with Crippen LogP contribution in [0.5, 0.6) is 0 Å². The first kappa shape index (κ1) is 17.8. The number of amides is 1. The molecular weight excluding hydrogens is 307 g/mol. The average Bonchev–Trinajstić information content (AvgIpc) is 2.53. The van der Waals surface area contributed by atoms with Crippen molar-refractivity contribution in [1.82, 2.24) is 5.32 Å². The second-order valence-electron chi connectivity index (χ2n) is 6.46. The highest BCUT2D eigenvalue weighted by Crippen LogP contribution is 2.40. The van der Waals surface area contributed by atoms with Crippen LogP contribution >= 0.6 is 0 Å². The summed E-state index contributed by atoms with van der Waals surface area (Å²) in [5.41, 5.74) is -0.605. The van der Waals surface area contributed by atoms with Gasteiger partial charge in [0.15, 0.2) is 0 Å². The Bertz CT molecular complexity index is 528. The Balaban J connectivity index is 1.92. The highest BCUT2D eigenvalue weighted by Gasteiger charge is 2.43. The highest BCUT2D eigenvalue weighted by molar-refractivity contribution is 5.78. The Morgan fingerprint density at radius 2 is 1.91 bits per heavy atom. The first-order valence-electron chi connectivity index (χ1n) is 7.82. The number of hydrogen-bond donors (Lipinski definition) is 2. The van der Waals surface area contributed by atoms with Gasteiger partial charge in [-0.05, 0) is 31.7 Å². The van der Waals surface area contributed by atoms with Crippen LogP contribution in [0.15, 0.2) is 30.3 Å². The molecule has 2 rings (SSSR count). The lowest BCUT2D eigenvalue weighted by Gasteiger charge is -2.31. The van der Waals surface area contributed by atoms with Crippen molar-refractivity contribution in [3.8, 4) is 0 Å². The van der Waals surface area contributed by atoms with Gasteiger partial charge in [-0.1, -0.05) is 36.8 Å². The second kappa shape index (κ2) is 6.91. The molecule has 3 atom stereocenters. The highest BCUT2D eigenvalue weighted by atomic mass is 19.4. The minimum Gasteiger partial charge on any atom is -0.384 e. The van der Waals surface area contributed by atoms with Gasteiger partial charge in [-0.25, -0.2) is 0 Å². The van der Waals surface area contributed by atoms with Gasteiger partial charge in [-0.15, -0.1) is 0 Å². The van der Waals surface area contributed by atoms with E-state index in [4.69, 9.17) is 0 Å². The van der Waals surface area contributed by atoms with Gasteiger partial charge >= 0.3 is 6.18 Å². The predicted octanol–water partition coefficient (Wildman–Crippen LogP) is 3.38. The molecule has 2 N–H and O–H groups in total. The quantitative estimate of drug-likeness (QED) is 0.890. The summed E-state index contributed by atoms with van der Waals surface area (Å²) in [6.45, 7) is 1.55. The van der Waals surface area contributed by atoms with Crippen molar-refractivity contribution >= 4 is 5.91 Å². The summed E-state index contributed by atoms with van der Waals surface area (Å²) in [6.07, 6.45) is -3.45. The molecule has 0 heterocycles. The van der Waals surface area contributed by atoms with E-state index < -0.39 is 29.5 Å². The van der Waals surface area contributed by atoms with E-state index in [0.29, 0.717) is 18.4 Å². The molecule has 3 unspecified atom stereocenters. The van der Waals surface area contributed by atoms with E-state index in [1.54, 1.807) is 31.2 Å². The van der Waals surface area contributed by atoms with Crippen molar-refractivity contribution in [1.29, 1.82) is 0 Å². The number of nitrogens with one attached hydrogen (secondary N) is 1. The molecule has 1 aromatic carbocycles. The molecule has 1 aliphatic rings. The van der Waals surface area contributed by atoms with Crippen LogP contribution in [0.1, 0.15) is 38.2 Å². The molecule has 1 saturated carbocycles. The fourth-order valence-corrected chi connectivity index (χ4v) is 3.03. The first-order chi connectivity index (χ1) is 10.7. The molecule has 0 bridgehead atoms. The molecule has 0 saturated heterocycles. The maximum atomic E-state index is 12.8. The van der Waals surface area contributed by atoms with E-state index in [9.17, 15) is 23.1 Å². The molecule has 0 radical (unpaired) electrons. The summed E-state index contributed by atoms with van der Waals surface area (Å²) >= 11 is 0. The summed E-state index contributed by atoms with van der Waals surface area (Å²) in [5, 5.41) is 13.0. The van der Waals surface area contributed by atoms with Crippen molar-refractivity contribution in [2.24, 2.45) is 11.8 Å². The molecule has 0 spiro atoms. The lowest BCUT2D eigenvalue weighted by molar-refractivity contribution is -0.186. The van der Waals surface area contributed by atoms with E-state index in [2.05, 4.69) is 5.32 Å². The van der Waals surface area contributed by atoms with Crippen LogP contribution in [0.25, 0.3) is 0 Å². The number of rotatable bonds is 4. The van der Waals surface area contributed by atoms with Crippen molar-refractivity contribution in [3.05, 3.63) is 35.9 Å². The number of halogens is 3. The fourth-order valence-electron chi connectivity index (χ4n) is 3.03. The Kier molecular flexibility index (Phi) is 5.34. The van der Waals surface area contributed by atoms with Crippen molar-refractivity contribution in [3.63, 3.8) is 0 Å². The van der Waals surface area contributed by atoms with E-state index in [1.807, 2.05) is 6.07 Å². The van der Waals surface area contributed by atoms with Crippen molar-refractivity contribution in [2.45, 2.75) is 44.4 Å². The van der Waals surface area contributed by atoms with Crippen LogP contribution in [0, 0.1) is 11.8 Å². The number of benzene rings is 1. The van der Waals surface area contributed by atoms with Gasteiger partial charge in [-0.2, -0.15) is 13.2 Å². The smallest absolute Gasteiger partial charge is 0.384 e. The maximum absolute atomic E-state index is 12.8. The minimum atomic E-state index is -4.24. The summed E-state index contributed by atoms with van der Waals surface area (Å²) in [5.74, 6) is -2.45. The van der Waals surface area contributed by atoms with Gasteiger partial charge in [0.1, 0.15) is 5.60 Å². The van der Waals surface area contributed by atoms with Gasteiger partial charge in [-0.3, -0.25) is 4.79 Å². The summed E-state index contributed by atoms with van der Waals surface area (Å²) in [7, 11) is 0. The van der Waals surface area contributed by atoms with Gasteiger partial charge < -0.3 is 10.4 Å². The molecule has 1 fully saturated rings. The summed E-state index contributed by atoms with van der Waals surface area (Å²) in [4.78, 5) is 12.2. The molecule has 0 aliphatic heterocycles. The molecule has 0 aromatic heterocycles. The van der Waals surface area contributed by atoms with Gasteiger partial charge in [0.05, 0.1) is 12.5 Å². The zero-order chi connectivity index (χ0) is 17.1. The standard InChI is InChI=1S/C17H22F3NO2/c1-16(23,13-7-3-2-4-8-13)11-21-15(22)12-6-5-9-14(10-12)17(18,19)20/h2-4,7-8,12,14,23H,5-6,9-11H2,1H3,(H,21,22). The number of hydrogen-bond acceptors (Lipinski definition) is 2. The topological polar surface area (TPSA) is 49.3 Å². The Morgan fingerprint density at radius 1 is 1.26 bits per heavy atom. The molecule has 6 heteroatoms. The molecule has 1 aliphatic carbocycles. The number of carbonyl (C=O) groups excluding carboxylic acids is 1. The lowest BCUT2D eigenvalue weighted by Crippen LogP contribution is -2.43. The minimum absolute atomic E-state index is 0.0248. The first-order valence-corrected chi connectivity index (χ1v) is 7.82. The van der Waals surface area contributed by atoms with Crippen LogP contribution in [0.4, 0.5) is 13.2 Å². The number of carbonyl (C=O) groups is 1. The third kappa shape index (κ3) is 4.70. The third-order valence-electron chi connectivity index (χ3n) is 4.51. The monoisotopic (exact) mass is 329 g/mol. The van der Waals surface area contributed by atoms with E-state index in [-0.39, 0.29) is 19.4 Å². The number of aliphatic hydroxyl groups is 1. The zero-order valence-corrected chi connectivity index (χ0v) is 13.1. The second-order valence-corrected chi connectivity index (χ2v) is 6.46. The van der Waals surface area contributed by atoms with Crippen LogP contribution in [-0.4, -0.2) is 23.7 Å². The van der Waals surface area contributed by atoms with E-state index in [0.717, 1.165) is 0 Å². The largest absolute Gasteiger partial charge is 0.391 e. The van der Waals surface area contributed by atoms with Crippen molar-refractivity contribution < 1.29 is 23.1 Å². The molecule has 3 nitrogen and oxygen atoms in total. The average molecular weight is 329 g/mol. The molecule has 1 aromatic rings. The maximum Gasteiger partial charge on any atom is 0.391 e. The molecule has 128 valence electrons. The molecule has 23 heavy (non-hydrogen) atoms. The van der Waals surface area contributed by atoms with E-state index in [1.165, 1.54) is 0 Å². The Labute approximate surface area is 133 Å². The van der Waals surface area contributed by atoms with Crippen LogP contribution < -0.4 is 5.32 Å². The van der Waals surface area contributed by atoms with Gasteiger partial charge in [0.2, 0.25) is 5.91 Å². The van der Waals surface area contributed by atoms with Gasteiger partial charge in [0.25, 0.3) is 0 Å². The summed E-state index contributed by atoms with van der Waals surface area (Å²) < 4.78 is 38.4. The van der Waals surface area contributed by atoms with Crippen LogP contribution in [0.3, 0.4) is 0 Å². The Hall–Kier alpha value is -1.56. The van der Waals surface area contributed by atoms with Crippen molar-refractivity contribution in [2.75, 3.05) is 6.54 Å². The Morgan fingerprint density at radius 3 is 2.52 bits per heavy atom. The summed E-state index contributed by atoms with van der Waals surface area (Å²) in [6, 6.07) is 8.86. The molecular formula is C17H22F3NO2. The van der Waals surface area contributed by atoms with Crippen LogP contribution in [0.2, 0.25) is 0 Å². The third-order valence-corrected chi connectivity index (χ3v) is 4.51. The lowest BCUT2D eigenvalue weighted by atomic mass is 9.80. The van der Waals surface area contributed by atoms with Gasteiger partial charge in [0, 0.05) is 5.92 Å².